The monoisotopic (exact) mass is 351 g/mol. The summed E-state index contributed by atoms with van der Waals surface area (Å²) in [6.07, 6.45) is 0. The molecule has 0 aliphatic heterocycles. The Morgan fingerprint density at radius 1 is 0.778 bits per heavy atom. The van der Waals surface area contributed by atoms with Crippen molar-refractivity contribution < 1.29 is 51.0 Å². The molecule has 0 spiro atoms. The predicted octanol–water partition coefficient (Wildman–Crippen LogP) is -2.41. The van der Waals surface area contributed by atoms with Gasteiger partial charge in [-0.3, -0.25) is 0 Å². The molecule has 0 saturated carbocycles. The van der Waals surface area contributed by atoms with Gasteiger partial charge in [0.1, 0.15) is 0 Å². The number of fused-ring (bicyclic) bond motifs is 1. The second kappa shape index (κ2) is 11.8. The third-order valence-electron chi connectivity index (χ3n) is 2.21. The molecule has 1 aromatic heterocycles. The zero-order valence-electron chi connectivity index (χ0n) is 9.76. The van der Waals surface area contributed by atoms with Crippen LogP contribution >= 0.6 is 0 Å². The Kier molecular flexibility index (Phi) is 13.1. The molecule has 0 N–H and O–H groups in total. The largest absolute Gasteiger partial charge is 0.168 e. The van der Waals surface area contributed by atoms with Crippen molar-refractivity contribution in [2.45, 2.75) is 0 Å². The molecule has 1 heterocycles. The molecule has 18 heavy (non-hydrogen) atoms. The molecular formula is C14H12BCl2Zr. The Bertz CT molecular complexity index is 454. The van der Waals surface area contributed by atoms with Crippen LogP contribution in [0.5, 0.6) is 0 Å². The van der Waals surface area contributed by atoms with Crippen LogP contribution in [0, 0.1) is 0 Å². The molecule has 1 radical (unpaired) electrons. The van der Waals surface area contributed by atoms with Gasteiger partial charge in [-0.05, 0) is 0 Å². The second-order valence-electron chi connectivity index (χ2n) is 3.31. The van der Waals surface area contributed by atoms with Crippen molar-refractivity contribution in [3.05, 3.63) is 72.6 Å². The van der Waals surface area contributed by atoms with E-state index in [1.54, 1.807) is 0 Å². The van der Waals surface area contributed by atoms with E-state index in [1.807, 2.05) is 37.0 Å². The van der Waals surface area contributed by atoms with E-state index >= 15 is 0 Å². The van der Waals surface area contributed by atoms with Gasteiger partial charge in [-0.2, -0.15) is 17.5 Å². The van der Waals surface area contributed by atoms with E-state index in [0.717, 1.165) is 0 Å². The molecule has 4 heteroatoms. The van der Waals surface area contributed by atoms with Crippen molar-refractivity contribution in [2.75, 3.05) is 0 Å². The molecule has 3 rings (SSSR count). The number of halogens is 2. The van der Waals surface area contributed by atoms with Crippen LogP contribution in [-0.2, 0) is 26.2 Å². The predicted molar refractivity (Wildman–Crippen MR) is 67.3 cm³/mol. The maximum Gasteiger partial charge on any atom is -0.0809 e. The summed E-state index contributed by atoms with van der Waals surface area (Å²) in [5.41, 5.74) is 0. The fourth-order valence-corrected chi connectivity index (χ4v) is 1.45. The molecule has 0 bridgehead atoms. The minimum atomic E-state index is 0. The Morgan fingerprint density at radius 3 is 1.94 bits per heavy atom. The van der Waals surface area contributed by atoms with E-state index in [2.05, 4.69) is 42.5 Å². The zero-order valence-corrected chi connectivity index (χ0v) is 13.7. The van der Waals surface area contributed by atoms with Crippen molar-refractivity contribution in [3.63, 3.8) is 0 Å². The Balaban J connectivity index is 0. The second-order valence-corrected chi connectivity index (χ2v) is 3.31. The maximum atomic E-state index is 2.12. The quantitative estimate of drug-likeness (QED) is 0.395. The molecule has 0 atom stereocenters. The van der Waals surface area contributed by atoms with Crippen LogP contribution in [0.4, 0.5) is 0 Å². The summed E-state index contributed by atoms with van der Waals surface area (Å²) < 4.78 is 0. The minimum Gasteiger partial charge on any atom is -0.168 e. The van der Waals surface area contributed by atoms with Crippen molar-refractivity contribution in [3.8, 4) is 0 Å². The van der Waals surface area contributed by atoms with Gasteiger partial charge in [0.05, 0.1) is 0 Å². The van der Waals surface area contributed by atoms with Crippen LogP contribution in [0.1, 0.15) is 0 Å². The molecule has 0 fully saturated rings. The van der Waals surface area contributed by atoms with Crippen molar-refractivity contribution in [2.24, 2.45) is 0 Å². The Morgan fingerprint density at radius 2 is 1.44 bits per heavy atom. The van der Waals surface area contributed by atoms with Gasteiger partial charge in [0.25, 0.3) is 0 Å². The van der Waals surface area contributed by atoms with E-state index < -0.39 is 0 Å². The molecular weight excluding hydrogens is 341 g/mol. The van der Waals surface area contributed by atoms with Gasteiger partial charge in [-0.25, -0.2) is 0 Å². The van der Waals surface area contributed by atoms with Crippen molar-refractivity contribution >= 4 is 17.7 Å². The Labute approximate surface area is 140 Å². The van der Waals surface area contributed by atoms with Crippen LogP contribution in [-0.4, -0.2) is 6.91 Å². The van der Waals surface area contributed by atoms with Gasteiger partial charge in [0.15, 0.2) is 0 Å². The van der Waals surface area contributed by atoms with Crippen LogP contribution in [0.2, 0.25) is 0 Å². The van der Waals surface area contributed by atoms with E-state index in [0.29, 0.717) is 0 Å². The first-order chi connectivity index (χ1) is 7.47. The number of hydrogen-bond acceptors (Lipinski definition) is 0. The smallest absolute Gasteiger partial charge is 0.0809 e. The van der Waals surface area contributed by atoms with Gasteiger partial charge in [0.2, 0.25) is 0 Å². The number of rotatable bonds is 0. The summed E-state index contributed by atoms with van der Waals surface area (Å²) in [5.74, 6) is 4.00. The molecule has 0 nitrogen and oxygen atoms in total. The fourth-order valence-electron chi connectivity index (χ4n) is 1.45. The normalized spacial score (nSPS) is 7.56. The standard InChI is InChI=1S/C9H7.C5H5B.2ClH.Zr/c1-2-5-9-7-3-6-8(9)4-1;1-2-4-6-5-3-1;;;/h1-7H;1-5H;2*1H;/q-1;;;;+3/p-2. The number of hydrogen-bond donors (Lipinski definition) is 0. The van der Waals surface area contributed by atoms with Gasteiger partial charge in [0, 0.05) is 0 Å². The fraction of sp³-hybridized carbons (Fsp3) is 0. The van der Waals surface area contributed by atoms with Crippen LogP contribution in [0.15, 0.2) is 72.6 Å². The minimum absolute atomic E-state index is 0. The summed E-state index contributed by atoms with van der Waals surface area (Å²) in [5, 5.41) is 2.66. The first-order valence-corrected chi connectivity index (χ1v) is 5.07. The van der Waals surface area contributed by atoms with Gasteiger partial charge >= 0.3 is 63.2 Å². The molecule has 2 aromatic carbocycles. The topological polar surface area (TPSA) is 0 Å². The van der Waals surface area contributed by atoms with Crippen LogP contribution in [0.3, 0.4) is 0 Å². The molecule has 0 aliphatic rings. The first kappa shape index (κ1) is 20.0. The summed E-state index contributed by atoms with van der Waals surface area (Å²) >= 11 is 0. The Hall–Kier alpha value is -0.292. The molecule has 0 amide bonds. The summed E-state index contributed by atoms with van der Waals surface area (Å²) in [6.45, 7) is 2.00. The summed E-state index contributed by atoms with van der Waals surface area (Å²) in [6, 6.07) is 20.7. The van der Waals surface area contributed by atoms with Gasteiger partial charge in [-0.15, -0.1) is 29.7 Å². The molecule has 0 aliphatic carbocycles. The van der Waals surface area contributed by atoms with E-state index in [4.69, 9.17) is 0 Å². The van der Waals surface area contributed by atoms with Crippen molar-refractivity contribution in [1.82, 2.24) is 0 Å². The third-order valence-corrected chi connectivity index (χ3v) is 2.21. The average Bonchev–Trinajstić information content (AvgIpc) is 2.80. The van der Waals surface area contributed by atoms with E-state index in [1.165, 1.54) is 10.8 Å². The SMILES string of the molecule is [Cl-].[Cl-].[Zr+3].b1ccccc1.c1ccc2[cH-]ccc2c1. The molecule has 0 unspecified atom stereocenters. The van der Waals surface area contributed by atoms with Crippen molar-refractivity contribution in [1.29, 1.82) is 0 Å². The molecule has 0 saturated heterocycles. The van der Waals surface area contributed by atoms with Crippen LogP contribution in [0.25, 0.3) is 10.8 Å². The first-order valence-electron chi connectivity index (χ1n) is 5.07. The van der Waals surface area contributed by atoms with E-state index in [-0.39, 0.29) is 51.0 Å². The molecule has 3 aromatic rings. The van der Waals surface area contributed by atoms with Crippen LogP contribution < -0.4 is 24.8 Å². The maximum absolute atomic E-state index is 2.12. The molecule has 89 valence electrons. The number of benzene rings is 1. The van der Waals surface area contributed by atoms with E-state index in [9.17, 15) is 0 Å². The van der Waals surface area contributed by atoms with Gasteiger partial charge < -0.3 is 24.8 Å². The third kappa shape index (κ3) is 6.59. The van der Waals surface area contributed by atoms with Gasteiger partial charge in [-0.1, -0.05) is 6.07 Å². The zero-order chi connectivity index (χ0) is 10.3. The summed E-state index contributed by atoms with van der Waals surface area (Å²) in [7, 11) is 0. The summed E-state index contributed by atoms with van der Waals surface area (Å²) in [4.78, 5) is 0. The average molecular weight is 353 g/mol.